The fourth-order valence-corrected chi connectivity index (χ4v) is 3.96. The normalized spacial score (nSPS) is 15.1. The number of carbonyl (C=O) groups is 1. The van der Waals surface area contributed by atoms with Crippen molar-refractivity contribution in [3.8, 4) is 11.4 Å². The summed E-state index contributed by atoms with van der Waals surface area (Å²) in [6.07, 6.45) is 3.44. The van der Waals surface area contributed by atoms with E-state index in [0.717, 1.165) is 28.1 Å². The molecule has 1 unspecified atom stereocenters. The van der Waals surface area contributed by atoms with Crippen LogP contribution in [0.3, 0.4) is 0 Å². The summed E-state index contributed by atoms with van der Waals surface area (Å²) in [5.74, 6) is 1.02. The van der Waals surface area contributed by atoms with Crippen molar-refractivity contribution in [2.45, 2.75) is 19.9 Å². The number of benzene rings is 2. The lowest BCUT2D eigenvalue weighted by Gasteiger charge is -2.28. The van der Waals surface area contributed by atoms with Gasteiger partial charge >= 0.3 is 0 Å². The standard InChI is InChI=1S/C25H22N6O/c1-16-8-6-7-11-20(16)23-29-25-27-17(2)21(24(32)28-19-9-4-3-5-10-19)22(31(25)30-23)18-12-14-26-15-13-18/h3-15,22H,1-2H3,(H,28,32)(H,27,29,30). The van der Waals surface area contributed by atoms with Crippen LogP contribution >= 0.6 is 0 Å². The molecular formula is C25H22N6O. The summed E-state index contributed by atoms with van der Waals surface area (Å²) in [6.45, 7) is 3.92. The summed E-state index contributed by atoms with van der Waals surface area (Å²) in [6, 6.07) is 20.8. The van der Waals surface area contributed by atoms with Gasteiger partial charge in [0.15, 0.2) is 5.82 Å². The predicted molar refractivity (Wildman–Crippen MR) is 124 cm³/mol. The van der Waals surface area contributed by atoms with E-state index in [-0.39, 0.29) is 5.91 Å². The lowest BCUT2D eigenvalue weighted by Crippen LogP contribution is -2.31. The van der Waals surface area contributed by atoms with Crippen LogP contribution in [0.5, 0.6) is 0 Å². The van der Waals surface area contributed by atoms with Crippen molar-refractivity contribution in [3.05, 3.63) is 102 Å². The minimum Gasteiger partial charge on any atom is -0.328 e. The fraction of sp³-hybridized carbons (Fsp3) is 0.120. The van der Waals surface area contributed by atoms with Crippen LogP contribution in [0.25, 0.3) is 11.4 Å². The average molecular weight is 422 g/mol. The molecule has 2 N–H and O–H groups in total. The van der Waals surface area contributed by atoms with E-state index in [1.807, 2.05) is 80.6 Å². The van der Waals surface area contributed by atoms with E-state index in [9.17, 15) is 4.79 Å². The molecular weight excluding hydrogens is 400 g/mol. The molecule has 0 spiro atoms. The first-order valence-electron chi connectivity index (χ1n) is 10.4. The van der Waals surface area contributed by atoms with Gasteiger partial charge in [0.2, 0.25) is 5.95 Å². The smallest absolute Gasteiger partial charge is 0.255 e. The molecule has 2 aromatic carbocycles. The number of para-hydroxylation sites is 1. The van der Waals surface area contributed by atoms with Gasteiger partial charge in [0, 0.05) is 29.3 Å². The third kappa shape index (κ3) is 3.54. The highest BCUT2D eigenvalue weighted by atomic mass is 16.1. The number of nitrogens with zero attached hydrogens (tertiary/aromatic N) is 4. The Kier molecular flexibility index (Phi) is 4.99. The third-order valence-electron chi connectivity index (χ3n) is 5.54. The molecule has 1 aliphatic rings. The van der Waals surface area contributed by atoms with Crippen LogP contribution < -0.4 is 10.6 Å². The topological polar surface area (TPSA) is 84.7 Å². The molecule has 1 amide bonds. The van der Waals surface area contributed by atoms with Crippen LogP contribution in [0.2, 0.25) is 0 Å². The molecule has 0 saturated carbocycles. The van der Waals surface area contributed by atoms with Crippen molar-refractivity contribution >= 4 is 17.5 Å². The summed E-state index contributed by atoms with van der Waals surface area (Å²) >= 11 is 0. The molecule has 3 heterocycles. The Morgan fingerprint density at radius 1 is 0.969 bits per heavy atom. The molecule has 0 saturated heterocycles. The molecule has 5 rings (SSSR count). The Morgan fingerprint density at radius 2 is 1.69 bits per heavy atom. The molecule has 0 bridgehead atoms. The zero-order valence-corrected chi connectivity index (χ0v) is 17.8. The van der Waals surface area contributed by atoms with Crippen molar-refractivity contribution in [2.24, 2.45) is 0 Å². The minimum atomic E-state index is -0.441. The number of allylic oxidation sites excluding steroid dienone is 1. The fourth-order valence-electron chi connectivity index (χ4n) is 3.96. The summed E-state index contributed by atoms with van der Waals surface area (Å²) < 4.78 is 1.78. The third-order valence-corrected chi connectivity index (χ3v) is 5.54. The van der Waals surface area contributed by atoms with Gasteiger partial charge in [-0.1, -0.05) is 42.5 Å². The molecule has 0 fully saturated rings. The lowest BCUT2D eigenvalue weighted by molar-refractivity contribution is -0.113. The molecule has 2 aromatic heterocycles. The van der Waals surface area contributed by atoms with E-state index in [0.29, 0.717) is 17.3 Å². The summed E-state index contributed by atoms with van der Waals surface area (Å²) in [4.78, 5) is 22.3. The number of carbonyl (C=O) groups excluding carboxylic acids is 1. The van der Waals surface area contributed by atoms with E-state index >= 15 is 0 Å². The molecule has 7 heteroatoms. The van der Waals surface area contributed by atoms with Gasteiger partial charge in [0.05, 0.1) is 5.57 Å². The van der Waals surface area contributed by atoms with Gasteiger partial charge in [0.1, 0.15) is 6.04 Å². The predicted octanol–water partition coefficient (Wildman–Crippen LogP) is 4.58. The largest absolute Gasteiger partial charge is 0.328 e. The van der Waals surface area contributed by atoms with Gasteiger partial charge in [-0.2, -0.15) is 4.98 Å². The number of hydrogen-bond acceptors (Lipinski definition) is 5. The Labute approximate surface area is 185 Å². The number of amides is 1. The van der Waals surface area contributed by atoms with E-state index < -0.39 is 6.04 Å². The number of hydrogen-bond donors (Lipinski definition) is 2. The molecule has 7 nitrogen and oxygen atoms in total. The van der Waals surface area contributed by atoms with Crippen molar-refractivity contribution < 1.29 is 4.79 Å². The maximum absolute atomic E-state index is 13.4. The Balaban J connectivity index is 1.61. The van der Waals surface area contributed by atoms with Crippen LogP contribution in [0.15, 0.2) is 90.4 Å². The zero-order chi connectivity index (χ0) is 22.1. The number of nitrogens with one attached hydrogen (secondary N) is 2. The number of fused-ring (bicyclic) bond motifs is 1. The van der Waals surface area contributed by atoms with Gasteiger partial charge in [-0.25, -0.2) is 4.68 Å². The second kappa shape index (κ2) is 8.11. The highest BCUT2D eigenvalue weighted by Gasteiger charge is 2.34. The highest BCUT2D eigenvalue weighted by molar-refractivity contribution is 6.06. The monoisotopic (exact) mass is 422 g/mol. The SMILES string of the molecule is CC1=C(C(=O)Nc2ccccc2)C(c2ccncc2)n2nc(-c3ccccc3C)nc2N1. The Hall–Kier alpha value is -4.26. The summed E-state index contributed by atoms with van der Waals surface area (Å²) in [5, 5.41) is 11.1. The Bertz CT molecular complexity index is 1310. The first kappa shape index (κ1) is 19.7. The Morgan fingerprint density at radius 3 is 2.44 bits per heavy atom. The van der Waals surface area contributed by atoms with Gasteiger partial charge in [0.25, 0.3) is 5.91 Å². The van der Waals surface area contributed by atoms with Gasteiger partial charge in [-0.05, 0) is 49.2 Å². The number of aryl methyl sites for hydroxylation is 1. The van der Waals surface area contributed by atoms with Gasteiger partial charge in [-0.3, -0.25) is 9.78 Å². The first-order valence-corrected chi connectivity index (χ1v) is 10.4. The number of aromatic nitrogens is 4. The van der Waals surface area contributed by atoms with Crippen LogP contribution in [-0.4, -0.2) is 25.7 Å². The molecule has 158 valence electrons. The first-order chi connectivity index (χ1) is 15.6. The maximum Gasteiger partial charge on any atom is 0.255 e. The van der Waals surface area contributed by atoms with E-state index in [4.69, 9.17) is 10.1 Å². The van der Waals surface area contributed by atoms with Crippen molar-refractivity contribution in [3.63, 3.8) is 0 Å². The van der Waals surface area contributed by atoms with Gasteiger partial charge < -0.3 is 10.6 Å². The minimum absolute atomic E-state index is 0.193. The lowest BCUT2D eigenvalue weighted by atomic mass is 9.96. The molecule has 32 heavy (non-hydrogen) atoms. The average Bonchev–Trinajstić information content (AvgIpc) is 3.23. The molecule has 4 aromatic rings. The van der Waals surface area contributed by atoms with Crippen LogP contribution in [0.1, 0.15) is 24.1 Å². The molecule has 0 radical (unpaired) electrons. The molecule has 1 atom stereocenters. The van der Waals surface area contributed by atoms with Crippen molar-refractivity contribution in [2.75, 3.05) is 10.6 Å². The van der Waals surface area contributed by atoms with E-state index in [1.54, 1.807) is 17.1 Å². The van der Waals surface area contributed by atoms with Crippen molar-refractivity contribution in [1.82, 2.24) is 19.7 Å². The van der Waals surface area contributed by atoms with E-state index in [1.165, 1.54) is 0 Å². The summed E-state index contributed by atoms with van der Waals surface area (Å²) in [7, 11) is 0. The molecule has 1 aliphatic heterocycles. The summed E-state index contributed by atoms with van der Waals surface area (Å²) in [5.41, 5.74) is 4.99. The van der Waals surface area contributed by atoms with Crippen LogP contribution in [0.4, 0.5) is 11.6 Å². The van der Waals surface area contributed by atoms with Crippen LogP contribution in [-0.2, 0) is 4.79 Å². The number of anilines is 2. The second-order valence-electron chi connectivity index (χ2n) is 7.69. The van der Waals surface area contributed by atoms with Crippen molar-refractivity contribution in [1.29, 1.82) is 0 Å². The van der Waals surface area contributed by atoms with Gasteiger partial charge in [-0.15, -0.1) is 5.10 Å². The van der Waals surface area contributed by atoms with Crippen LogP contribution in [0, 0.1) is 6.92 Å². The zero-order valence-electron chi connectivity index (χ0n) is 17.8. The highest BCUT2D eigenvalue weighted by Crippen LogP contribution is 2.36. The number of pyridine rings is 1. The molecule has 0 aliphatic carbocycles. The maximum atomic E-state index is 13.4. The number of rotatable bonds is 4. The quantitative estimate of drug-likeness (QED) is 0.503. The second-order valence-corrected chi connectivity index (χ2v) is 7.69. The van der Waals surface area contributed by atoms with E-state index in [2.05, 4.69) is 15.6 Å².